The number of nitrogens with zero attached hydrogens (tertiary/aromatic N) is 1. The molecule has 0 spiro atoms. The second-order valence-electron chi connectivity index (χ2n) is 5.08. The smallest absolute Gasteiger partial charge is 0.321 e. The molecule has 0 bridgehead atoms. The van der Waals surface area contributed by atoms with Gasteiger partial charge in [-0.25, -0.2) is 13.2 Å². The van der Waals surface area contributed by atoms with E-state index in [1.807, 2.05) is 6.07 Å². The van der Waals surface area contributed by atoms with E-state index in [0.717, 1.165) is 5.56 Å². The predicted octanol–water partition coefficient (Wildman–Crippen LogP) is 2.46. The minimum atomic E-state index is -3.66. The van der Waals surface area contributed by atoms with Crippen LogP contribution in [0.4, 0.5) is 16.2 Å². The second kappa shape index (κ2) is 5.34. The van der Waals surface area contributed by atoms with Gasteiger partial charge in [-0.15, -0.1) is 0 Å². The maximum atomic E-state index is 12.4. The number of urea groups is 1. The molecule has 0 aromatic heterocycles. The van der Waals surface area contributed by atoms with Gasteiger partial charge in [0, 0.05) is 25.0 Å². The molecule has 0 unspecified atom stereocenters. The molecule has 1 heterocycles. The molecule has 6 nitrogen and oxygen atoms in total. The number of para-hydroxylation sites is 1. The van der Waals surface area contributed by atoms with Gasteiger partial charge in [0.25, 0.3) is 10.0 Å². The maximum absolute atomic E-state index is 12.4. The summed E-state index contributed by atoms with van der Waals surface area (Å²) in [5, 5.41) is 2.71. The van der Waals surface area contributed by atoms with Crippen molar-refractivity contribution in [2.24, 2.45) is 0 Å². The van der Waals surface area contributed by atoms with E-state index < -0.39 is 10.0 Å². The van der Waals surface area contributed by atoms with Gasteiger partial charge in [0.1, 0.15) is 0 Å². The number of rotatable bonds is 3. The van der Waals surface area contributed by atoms with Crippen molar-refractivity contribution in [3.63, 3.8) is 0 Å². The van der Waals surface area contributed by atoms with Gasteiger partial charge in [-0.05, 0) is 35.9 Å². The van der Waals surface area contributed by atoms with Gasteiger partial charge in [-0.2, -0.15) is 0 Å². The number of hydrogen-bond acceptors (Lipinski definition) is 3. The molecule has 114 valence electrons. The van der Waals surface area contributed by atoms with Crippen LogP contribution < -0.4 is 10.0 Å². The molecular formula is C15H15N3O3S. The Bertz CT molecular complexity index is 819. The third kappa shape index (κ3) is 2.75. The minimum absolute atomic E-state index is 0.166. The van der Waals surface area contributed by atoms with E-state index in [-0.39, 0.29) is 10.9 Å². The van der Waals surface area contributed by atoms with Crippen molar-refractivity contribution < 1.29 is 13.2 Å². The summed E-state index contributed by atoms with van der Waals surface area (Å²) in [7, 11) is -2.00. The van der Waals surface area contributed by atoms with E-state index in [4.69, 9.17) is 0 Å². The summed E-state index contributed by atoms with van der Waals surface area (Å²) < 4.78 is 27.4. The molecule has 2 aromatic rings. The average molecular weight is 317 g/mol. The third-order valence-electron chi connectivity index (χ3n) is 3.41. The highest BCUT2D eigenvalue weighted by molar-refractivity contribution is 7.92. The van der Waals surface area contributed by atoms with E-state index in [1.165, 1.54) is 11.0 Å². The molecule has 0 saturated heterocycles. The van der Waals surface area contributed by atoms with Crippen LogP contribution in [0.15, 0.2) is 53.4 Å². The molecule has 0 atom stereocenters. The zero-order chi connectivity index (χ0) is 15.7. The van der Waals surface area contributed by atoms with Crippen LogP contribution in [0.25, 0.3) is 0 Å². The molecule has 0 radical (unpaired) electrons. The molecular weight excluding hydrogens is 302 g/mol. The predicted molar refractivity (Wildman–Crippen MR) is 84.2 cm³/mol. The average Bonchev–Trinajstić information content (AvgIpc) is 2.48. The Morgan fingerprint density at radius 2 is 1.86 bits per heavy atom. The van der Waals surface area contributed by atoms with Gasteiger partial charge in [0.05, 0.1) is 4.90 Å². The lowest BCUT2D eigenvalue weighted by Crippen LogP contribution is -2.35. The van der Waals surface area contributed by atoms with Gasteiger partial charge in [-0.1, -0.05) is 18.2 Å². The Morgan fingerprint density at radius 3 is 2.59 bits per heavy atom. The summed E-state index contributed by atoms with van der Waals surface area (Å²) in [6, 6.07) is 13.2. The number of carbonyl (C=O) groups is 1. The van der Waals surface area contributed by atoms with E-state index in [2.05, 4.69) is 10.0 Å². The quantitative estimate of drug-likeness (QED) is 0.913. The number of fused-ring (bicyclic) bond motifs is 1. The highest BCUT2D eigenvalue weighted by Gasteiger charge is 2.22. The normalized spacial score (nSPS) is 14.2. The SMILES string of the molecule is CN1Cc2cc(S(=O)(=O)Nc3ccccc3)ccc2NC1=O. The highest BCUT2D eigenvalue weighted by Crippen LogP contribution is 2.26. The van der Waals surface area contributed by atoms with Crippen LogP contribution in [0.5, 0.6) is 0 Å². The number of benzene rings is 2. The summed E-state index contributed by atoms with van der Waals surface area (Å²) in [6.07, 6.45) is 0. The van der Waals surface area contributed by atoms with Crippen LogP contribution in [0, 0.1) is 0 Å². The Balaban J connectivity index is 1.92. The standard InChI is InChI=1S/C15H15N3O3S/c1-18-10-11-9-13(7-8-14(11)16-15(18)19)22(20,21)17-12-5-3-2-4-6-12/h2-9,17H,10H2,1H3,(H,16,19). The molecule has 2 N–H and O–H groups in total. The number of nitrogens with one attached hydrogen (secondary N) is 2. The number of amides is 2. The molecule has 0 aliphatic carbocycles. The van der Waals surface area contributed by atoms with Gasteiger partial charge < -0.3 is 10.2 Å². The largest absolute Gasteiger partial charge is 0.323 e. The van der Waals surface area contributed by atoms with Crippen LogP contribution in [0.1, 0.15) is 5.56 Å². The number of anilines is 2. The molecule has 1 aliphatic heterocycles. The molecule has 0 fully saturated rings. The maximum Gasteiger partial charge on any atom is 0.321 e. The Labute approximate surface area is 128 Å². The van der Waals surface area contributed by atoms with Gasteiger partial charge >= 0.3 is 6.03 Å². The Morgan fingerprint density at radius 1 is 1.14 bits per heavy atom. The summed E-state index contributed by atoms with van der Waals surface area (Å²) in [5.41, 5.74) is 1.91. The van der Waals surface area contributed by atoms with Crippen LogP contribution in [0.2, 0.25) is 0 Å². The first-order chi connectivity index (χ1) is 10.5. The van der Waals surface area contributed by atoms with Crippen molar-refractivity contribution in [2.75, 3.05) is 17.1 Å². The molecule has 7 heteroatoms. The van der Waals surface area contributed by atoms with E-state index in [9.17, 15) is 13.2 Å². The van der Waals surface area contributed by atoms with E-state index in [1.54, 1.807) is 43.4 Å². The fraction of sp³-hybridized carbons (Fsp3) is 0.133. The number of sulfonamides is 1. The van der Waals surface area contributed by atoms with Crippen molar-refractivity contribution in [3.05, 3.63) is 54.1 Å². The number of carbonyl (C=O) groups excluding carboxylic acids is 1. The summed E-state index contributed by atoms with van der Waals surface area (Å²) in [6.45, 7) is 0.371. The molecule has 3 rings (SSSR count). The third-order valence-corrected chi connectivity index (χ3v) is 4.79. The fourth-order valence-corrected chi connectivity index (χ4v) is 3.36. The fourth-order valence-electron chi connectivity index (χ4n) is 2.25. The topological polar surface area (TPSA) is 78.5 Å². The Hall–Kier alpha value is -2.54. The lowest BCUT2D eigenvalue weighted by Gasteiger charge is -2.26. The second-order valence-corrected chi connectivity index (χ2v) is 6.76. The van der Waals surface area contributed by atoms with E-state index >= 15 is 0 Å². The zero-order valence-corrected chi connectivity index (χ0v) is 12.7. The lowest BCUT2D eigenvalue weighted by atomic mass is 10.1. The summed E-state index contributed by atoms with van der Waals surface area (Å²) >= 11 is 0. The summed E-state index contributed by atoms with van der Waals surface area (Å²) in [5.74, 6) is 0. The van der Waals surface area contributed by atoms with Crippen molar-refractivity contribution in [1.29, 1.82) is 0 Å². The lowest BCUT2D eigenvalue weighted by molar-refractivity contribution is 0.218. The molecule has 22 heavy (non-hydrogen) atoms. The van der Waals surface area contributed by atoms with Crippen LogP contribution in [-0.4, -0.2) is 26.4 Å². The van der Waals surface area contributed by atoms with Crippen molar-refractivity contribution >= 4 is 27.4 Å². The molecule has 2 aromatic carbocycles. The molecule has 1 aliphatic rings. The van der Waals surface area contributed by atoms with Gasteiger partial charge in [0.15, 0.2) is 0 Å². The van der Waals surface area contributed by atoms with Crippen molar-refractivity contribution in [1.82, 2.24) is 4.90 Å². The monoisotopic (exact) mass is 317 g/mol. The van der Waals surface area contributed by atoms with Crippen molar-refractivity contribution in [2.45, 2.75) is 11.4 Å². The van der Waals surface area contributed by atoms with Crippen LogP contribution in [0.3, 0.4) is 0 Å². The van der Waals surface area contributed by atoms with Crippen LogP contribution in [-0.2, 0) is 16.6 Å². The van der Waals surface area contributed by atoms with Gasteiger partial charge in [-0.3, -0.25) is 4.72 Å². The highest BCUT2D eigenvalue weighted by atomic mass is 32.2. The Kier molecular flexibility index (Phi) is 3.50. The molecule has 0 saturated carbocycles. The minimum Gasteiger partial charge on any atom is -0.323 e. The van der Waals surface area contributed by atoms with Crippen molar-refractivity contribution in [3.8, 4) is 0 Å². The first-order valence-electron chi connectivity index (χ1n) is 6.69. The molecule has 2 amide bonds. The summed E-state index contributed by atoms with van der Waals surface area (Å²) in [4.78, 5) is 13.2. The number of hydrogen-bond donors (Lipinski definition) is 2. The first-order valence-corrected chi connectivity index (χ1v) is 8.17. The van der Waals surface area contributed by atoms with Crippen LogP contribution >= 0.6 is 0 Å². The first kappa shape index (κ1) is 14.4. The van der Waals surface area contributed by atoms with Gasteiger partial charge in [0.2, 0.25) is 0 Å². The van der Waals surface area contributed by atoms with E-state index in [0.29, 0.717) is 17.9 Å². The zero-order valence-electron chi connectivity index (χ0n) is 11.9.